The molecule has 2 rings (SSSR count). The van der Waals surface area contributed by atoms with Gasteiger partial charge in [-0.05, 0) is 50.7 Å². The van der Waals surface area contributed by atoms with Crippen molar-refractivity contribution in [1.82, 2.24) is 5.32 Å². The Labute approximate surface area is 154 Å². The molecule has 1 aromatic heterocycles. The van der Waals surface area contributed by atoms with Gasteiger partial charge in [-0.15, -0.1) is 0 Å². The molecule has 6 heteroatoms. The molecule has 1 aromatic rings. The number of esters is 1. The van der Waals surface area contributed by atoms with E-state index in [0.717, 1.165) is 12.8 Å². The third kappa shape index (κ3) is 4.74. The van der Waals surface area contributed by atoms with Crippen molar-refractivity contribution < 1.29 is 18.7 Å². The number of methoxy groups -OCH3 is 1. The highest BCUT2D eigenvalue weighted by Gasteiger charge is 2.29. The SMILES string of the molecule is CCCC(C)c1cc(C)c(C(=O)NC2CCC(C(=O)OC)CC2)c(=O)o1. The second-order valence-electron chi connectivity index (χ2n) is 7.23. The van der Waals surface area contributed by atoms with E-state index >= 15 is 0 Å². The molecule has 1 aliphatic carbocycles. The van der Waals surface area contributed by atoms with Crippen LogP contribution in [0.2, 0.25) is 0 Å². The van der Waals surface area contributed by atoms with Crippen LogP contribution >= 0.6 is 0 Å². The molecule has 1 saturated carbocycles. The Morgan fingerprint density at radius 2 is 1.96 bits per heavy atom. The fourth-order valence-corrected chi connectivity index (χ4v) is 3.62. The van der Waals surface area contributed by atoms with Crippen molar-refractivity contribution >= 4 is 11.9 Å². The van der Waals surface area contributed by atoms with E-state index in [1.807, 2.05) is 6.92 Å². The lowest BCUT2D eigenvalue weighted by molar-refractivity contribution is -0.146. The fraction of sp³-hybridized carbons (Fsp3) is 0.650. The molecule has 1 N–H and O–H groups in total. The Hall–Kier alpha value is -2.11. The minimum atomic E-state index is -0.580. The van der Waals surface area contributed by atoms with Crippen molar-refractivity contribution in [2.75, 3.05) is 7.11 Å². The van der Waals surface area contributed by atoms with Crippen LogP contribution in [0, 0.1) is 12.8 Å². The highest BCUT2D eigenvalue weighted by Crippen LogP contribution is 2.26. The molecular weight excluding hydrogens is 334 g/mol. The molecule has 0 bridgehead atoms. The molecule has 0 spiro atoms. The molecule has 1 amide bonds. The van der Waals surface area contributed by atoms with Crippen LogP contribution in [-0.4, -0.2) is 25.0 Å². The summed E-state index contributed by atoms with van der Waals surface area (Å²) in [4.78, 5) is 36.5. The zero-order valence-corrected chi connectivity index (χ0v) is 16.1. The lowest BCUT2D eigenvalue weighted by Gasteiger charge is -2.27. The molecular formula is C20H29NO5. The number of hydrogen-bond donors (Lipinski definition) is 1. The van der Waals surface area contributed by atoms with Gasteiger partial charge in [0.2, 0.25) is 0 Å². The van der Waals surface area contributed by atoms with E-state index in [2.05, 4.69) is 12.2 Å². The van der Waals surface area contributed by atoms with E-state index in [1.54, 1.807) is 13.0 Å². The first-order chi connectivity index (χ1) is 12.4. The largest absolute Gasteiger partial charge is 0.469 e. The third-order valence-corrected chi connectivity index (χ3v) is 5.20. The number of hydrogen-bond acceptors (Lipinski definition) is 5. The van der Waals surface area contributed by atoms with Gasteiger partial charge in [-0.25, -0.2) is 4.79 Å². The summed E-state index contributed by atoms with van der Waals surface area (Å²) in [6.45, 7) is 5.86. The van der Waals surface area contributed by atoms with E-state index in [4.69, 9.17) is 9.15 Å². The lowest BCUT2D eigenvalue weighted by Crippen LogP contribution is -2.40. The van der Waals surface area contributed by atoms with E-state index in [1.165, 1.54) is 7.11 Å². The summed E-state index contributed by atoms with van der Waals surface area (Å²) in [5.74, 6) is 0.0939. The Morgan fingerprint density at radius 3 is 2.50 bits per heavy atom. The summed E-state index contributed by atoms with van der Waals surface area (Å²) in [6.07, 6.45) is 4.68. The molecule has 0 saturated heterocycles. The van der Waals surface area contributed by atoms with Gasteiger partial charge >= 0.3 is 11.6 Å². The van der Waals surface area contributed by atoms with Gasteiger partial charge < -0.3 is 14.5 Å². The Bertz CT molecular complexity index is 701. The van der Waals surface area contributed by atoms with E-state index in [9.17, 15) is 14.4 Å². The molecule has 0 radical (unpaired) electrons. The average molecular weight is 363 g/mol. The first kappa shape index (κ1) is 20.2. The number of aryl methyl sites for hydroxylation is 1. The summed E-state index contributed by atoms with van der Waals surface area (Å²) in [5.41, 5.74) is 0.135. The topological polar surface area (TPSA) is 85.6 Å². The molecule has 0 aliphatic heterocycles. The van der Waals surface area contributed by atoms with Gasteiger partial charge in [0, 0.05) is 12.0 Å². The van der Waals surface area contributed by atoms with Crippen LogP contribution in [0.3, 0.4) is 0 Å². The van der Waals surface area contributed by atoms with Crippen LogP contribution < -0.4 is 10.9 Å². The number of ether oxygens (including phenoxy) is 1. The lowest BCUT2D eigenvalue weighted by atomic mass is 9.86. The molecule has 0 aromatic carbocycles. The maximum Gasteiger partial charge on any atom is 0.349 e. The third-order valence-electron chi connectivity index (χ3n) is 5.20. The number of nitrogens with one attached hydrogen (secondary N) is 1. The summed E-state index contributed by atoms with van der Waals surface area (Å²) in [6, 6.07) is 1.76. The Kier molecular flexibility index (Phi) is 7.00. The van der Waals surface area contributed by atoms with Crippen LogP contribution in [0.5, 0.6) is 0 Å². The van der Waals surface area contributed by atoms with Crippen molar-refractivity contribution in [2.45, 2.75) is 71.3 Å². The number of carbonyl (C=O) groups is 2. The fourth-order valence-electron chi connectivity index (χ4n) is 3.62. The highest BCUT2D eigenvalue weighted by atomic mass is 16.5. The van der Waals surface area contributed by atoms with Crippen LogP contribution in [0.4, 0.5) is 0 Å². The number of amides is 1. The van der Waals surface area contributed by atoms with Crippen molar-refractivity contribution in [1.29, 1.82) is 0 Å². The Balaban J connectivity index is 2.04. The molecule has 1 fully saturated rings. The smallest absolute Gasteiger partial charge is 0.349 e. The van der Waals surface area contributed by atoms with Crippen molar-refractivity contribution in [3.05, 3.63) is 33.4 Å². The van der Waals surface area contributed by atoms with Gasteiger partial charge in [-0.3, -0.25) is 9.59 Å². The molecule has 1 aliphatic rings. The number of rotatable bonds is 6. The minimum Gasteiger partial charge on any atom is -0.469 e. The normalized spacial score (nSPS) is 21.1. The molecule has 1 atom stereocenters. The van der Waals surface area contributed by atoms with Gasteiger partial charge in [-0.1, -0.05) is 20.3 Å². The minimum absolute atomic E-state index is 0.0408. The van der Waals surface area contributed by atoms with Gasteiger partial charge in [0.25, 0.3) is 5.91 Å². The molecule has 144 valence electrons. The standard InChI is InChI=1S/C20H29NO5/c1-5-6-12(2)16-11-13(3)17(20(24)26-16)18(22)21-15-9-7-14(8-10-15)19(23)25-4/h11-12,14-15H,5-10H2,1-4H3,(H,21,22). The van der Waals surface area contributed by atoms with Gasteiger partial charge in [0.1, 0.15) is 11.3 Å². The monoisotopic (exact) mass is 363 g/mol. The molecule has 1 heterocycles. The summed E-state index contributed by atoms with van der Waals surface area (Å²) >= 11 is 0. The summed E-state index contributed by atoms with van der Waals surface area (Å²) in [7, 11) is 1.39. The second-order valence-corrected chi connectivity index (χ2v) is 7.23. The number of carbonyl (C=O) groups excluding carboxylic acids is 2. The van der Waals surface area contributed by atoms with Gasteiger partial charge in [-0.2, -0.15) is 0 Å². The molecule has 1 unspecified atom stereocenters. The molecule has 6 nitrogen and oxygen atoms in total. The van der Waals surface area contributed by atoms with Crippen LogP contribution in [-0.2, 0) is 9.53 Å². The Morgan fingerprint density at radius 1 is 1.31 bits per heavy atom. The van der Waals surface area contributed by atoms with E-state index in [0.29, 0.717) is 37.0 Å². The van der Waals surface area contributed by atoms with Crippen molar-refractivity contribution in [3.63, 3.8) is 0 Å². The van der Waals surface area contributed by atoms with Crippen LogP contribution in [0.25, 0.3) is 0 Å². The maximum atomic E-state index is 12.6. The van der Waals surface area contributed by atoms with Gasteiger partial charge in [0.15, 0.2) is 0 Å². The van der Waals surface area contributed by atoms with Crippen LogP contribution in [0.15, 0.2) is 15.3 Å². The zero-order chi connectivity index (χ0) is 19.3. The van der Waals surface area contributed by atoms with Crippen molar-refractivity contribution in [3.8, 4) is 0 Å². The van der Waals surface area contributed by atoms with E-state index < -0.39 is 11.5 Å². The first-order valence-corrected chi connectivity index (χ1v) is 9.40. The second kappa shape index (κ2) is 9.01. The quantitative estimate of drug-likeness (QED) is 0.784. The molecule has 26 heavy (non-hydrogen) atoms. The maximum absolute atomic E-state index is 12.6. The zero-order valence-electron chi connectivity index (χ0n) is 16.1. The van der Waals surface area contributed by atoms with E-state index in [-0.39, 0.29) is 29.4 Å². The predicted octanol–water partition coefficient (Wildman–Crippen LogP) is 3.31. The first-order valence-electron chi connectivity index (χ1n) is 9.40. The van der Waals surface area contributed by atoms with Crippen LogP contribution in [0.1, 0.15) is 80.0 Å². The summed E-state index contributed by atoms with van der Waals surface area (Å²) in [5, 5.41) is 2.92. The summed E-state index contributed by atoms with van der Waals surface area (Å²) < 4.78 is 10.2. The average Bonchev–Trinajstić information content (AvgIpc) is 2.61. The predicted molar refractivity (Wildman–Crippen MR) is 98.3 cm³/mol. The highest BCUT2D eigenvalue weighted by molar-refractivity contribution is 5.95. The van der Waals surface area contributed by atoms with Crippen molar-refractivity contribution in [2.24, 2.45) is 5.92 Å². The van der Waals surface area contributed by atoms with Gasteiger partial charge in [0.05, 0.1) is 13.0 Å².